The Morgan fingerprint density at radius 2 is 1.79 bits per heavy atom. The lowest BCUT2D eigenvalue weighted by Gasteiger charge is -2.15. The Morgan fingerprint density at radius 1 is 1.00 bits per heavy atom. The third-order valence-electron chi connectivity index (χ3n) is 5.18. The van der Waals surface area contributed by atoms with E-state index >= 15 is 0 Å². The van der Waals surface area contributed by atoms with Gasteiger partial charge in [-0.25, -0.2) is 4.79 Å². The Labute approximate surface area is 191 Å². The van der Waals surface area contributed by atoms with Gasteiger partial charge in [-0.15, -0.1) is 0 Å². The van der Waals surface area contributed by atoms with Crippen LogP contribution in [-0.4, -0.2) is 30.6 Å². The predicted octanol–water partition coefficient (Wildman–Crippen LogP) is 4.93. The molecule has 0 spiro atoms. The van der Waals surface area contributed by atoms with Crippen molar-refractivity contribution in [2.45, 2.75) is 6.92 Å². The molecule has 1 amide bonds. The van der Waals surface area contributed by atoms with Crippen molar-refractivity contribution in [3.8, 4) is 16.9 Å². The molecule has 4 rings (SSSR count). The van der Waals surface area contributed by atoms with Gasteiger partial charge in [0.05, 0.1) is 36.0 Å². The van der Waals surface area contributed by atoms with E-state index in [4.69, 9.17) is 15.2 Å². The molecule has 1 heterocycles. The number of rotatable bonds is 7. The van der Waals surface area contributed by atoms with E-state index < -0.39 is 11.9 Å². The fourth-order valence-electron chi connectivity index (χ4n) is 3.58. The van der Waals surface area contributed by atoms with Crippen LogP contribution in [0.5, 0.6) is 5.75 Å². The third kappa shape index (κ3) is 4.62. The molecule has 0 saturated heterocycles. The maximum absolute atomic E-state index is 12.1. The molecule has 0 aliphatic carbocycles. The maximum atomic E-state index is 12.1. The SMILES string of the molecule is CCOC(=O)c1cccc(Nc2c(C(N)=O)cnc3cc(-c4cccc(OC)c4)ccc23)c1. The smallest absolute Gasteiger partial charge is 0.338 e. The number of anilines is 2. The van der Waals surface area contributed by atoms with E-state index in [0.717, 1.165) is 22.3 Å². The highest BCUT2D eigenvalue weighted by molar-refractivity contribution is 6.08. The van der Waals surface area contributed by atoms with E-state index in [1.165, 1.54) is 6.20 Å². The first-order valence-electron chi connectivity index (χ1n) is 10.4. The van der Waals surface area contributed by atoms with Gasteiger partial charge in [-0.3, -0.25) is 9.78 Å². The molecule has 0 saturated carbocycles. The molecule has 0 atom stereocenters. The largest absolute Gasteiger partial charge is 0.497 e. The van der Waals surface area contributed by atoms with Crippen LogP contribution in [-0.2, 0) is 4.74 Å². The summed E-state index contributed by atoms with van der Waals surface area (Å²) < 4.78 is 10.4. The number of fused-ring (bicyclic) bond motifs is 1. The van der Waals surface area contributed by atoms with Crippen LogP contribution in [0.25, 0.3) is 22.0 Å². The highest BCUT2D eigenvalue weighted by Gasteiger charge is 2.15. The molecule has 4 aromatic rings. The van der Waals surface area contributed by atoms with Crippen molar-refractivity contribution in [3.05, 3.63) is 84.1 Å². The van der Waals surface area contributed by atoms with Crippen molar-refractivity contribution in [2.75, 3.05) is 19.0 Å². The Hall–Kier alpha value is -4.39. The highest BCUT2D eigenvalue weighted by atomic mass is 16.5. The number of pyridine rings is 1. The zero-order valence-corrected chi connectivity index (χ0v) is 18.3. The number of carbonyl (C=O) groups is 2. The van der Waals surface area contributed by atoms with Crippen molar-refractivity contribution < 1.29 is 19.1 Å². The second-order valence-electron chi connectivity index (χ2n) is 7.30. The Kier molecular flexibility index (Phi) is 6.22. The summed E-state index contributed by atoms with van der Waals surface area (Å²) in [4.78, 5) is 28.7. The lowest BCUT2D eigenvalue weighted by atomic mass is 10.0. The molecule has 166 valence electrons. The van der Waals surface area contributed by atoms with Crippen LogP contribution in [0.4, 0.5) is 11.4 Å². The Bertz CT molecular complexity index is 1350. The fraction of sp³-hybridized carbons (Fsp3) is 0.115. The van der Waals surface area contributed by atoms with Gasteiger partial charge in [0.25, 0.3) is 5.91 Å². The lowest BCUT2D eigenvalue weighted by Crippen LogP contribution is -2.14. The molecule has 0 aliphatic heterocycles. The molecule has 0 aliphatic rings. The number of ether oxygens (including phenoxy) is 2. The molecule has 0 fully saturated rings. The van der Waals surface area contributed by atoms with Crippen molar-refractivity contribution in [1.82, 2.24) is 4.98 Å². The molecular weight excluding hydrogens is 418 g/mol. The Morgan fingerprint density at radius 3 is 2.55 bits per heavy atom. The van der Waals surface area contributed by atoms with Crippen LogP contribution in [0.3, 0.4) is 0 Å². The number of nitrogens with one attached hydrogen (secondary N) is 1. The number of primary amides is 1. The molecule has 1 aromatic heterocycles. The van der Waals surface area contributed by atoms with Crippen LogP contribution >= 0.6 is 0 Å². The summed E-state index contributed by atoms with van der Waals surface area (Å²) in [5.41, 5.74) is 10.0. The zero-order chi connectivity index (χ0) is 23.4. The van der Waals surface area contributed by atoms with Crippen molar-refractivity contribution in [1.29, 1.82) is 0 Å². The first-order valence-corrected chi connectivity index (χ1v) is 10.4. The molecule has 3 aromatic carbocycles. The third-order valence-corrected chi connectivity index (χ3v) is 5.18. The molecule has 3 N–H and O–H groups in total. The minimum absolute atomic E-state index is 0.248. The topological polar surface area (TPSA) is 104 Å². The van der Waals surface area contributed by atoms with Gasteiger partial charge in [0.15, 0.2) is 0 Å². The van der Waals surface area contributed by atoms with Gasteiger partial charge in [0.1, 0.15) is 5.75 Å². The molecule has 33 heavy (non-hydrogen) atoms. The zero-order valence-electron chi connectivity index (χ0n) is 18.3. The summed E-state index contributed by atoms with van der Waals surface area (Å²) in [6.07, 6.45) is 1.46. The van der Waals surface area contributed by atoms with Gasteiger partial charge in [0, 0.05) is 17.3 Å². The van der Waals surface area contributed by atoms with E-state index in [1.807, 2.05) is 42.5 Å². The molecule has 0 bridgehead atoms. The number of hydrogen-bond acceptors (Lipinski definition) is 6. The number of hydrogen-bond donors (Lipinski definition) is 2. The summed E-state index contributed by atoms with van der Waals surface area (Å²) in [6.45, 7) is 2.04. The second-order valence-corrected chi connectivity index (χ2v) is 7.30. The van der Waals surface area contributed by atoms with E-state index in [2.05, 4.69) is 10.3 Å². The van der Waals surface area contributed by atoms with E-state index in [9.17, 15) is 9.59 Å². The van der Waals surface area contributed by atoms with Crippen molar-refractivity contribution >= 4 is 34.2 Å². The summed E-state index contributed by atoms with van der Waals surface area (Å²) >= 11 is 0. The lowest BCUT2D eigenvalue weighted by molar-refractivity contribution is 0.0526. The van der Waals surface area contributed by atoms with E-state index in [0.29, 0.717) is 22.5 Å². The second kappa shape index (κ2) is 9.40. The molecule has 7 heteroatoms. The van der Waals surface area contributed by atoms with Crippen LogP contribution in [0.2, 0.25) is 0 Å². The van der Waals surface area contributed by atoms with Crippen LogP contribution in [0.1, 0.15) is 27.6 Å². The summed E-state index contributed by atoms with van der Waals surface area (Å²) in [7, 11) is 1.63. The average molecular weight is 441 g/mol. The first kappa shape index (κ1) is 21.8. The minimum atomic E-state index is -0.606. The number of carbonyl (C=O) groups excluding carboxylic acids is 2. The van der Waals surface area contributed by atoms with Gasteiger partial charge in [0.2, 0.25) is 0 Å². The quantitative estimate of drug-likeness (QED) is 0.394. The summed E-state index contributed by atoms with van der Waals surface area (Å²) in [6, 6.07) is 20.4. The minimum Gasteiger partial charge on any atom is -0.497 e. The number of amides is 1. The predicted molar refractivity (Wildman–Crippen MR) is 128 cm³/mol. The standard InChI is InChI=1S/C26H23N3O4/c1-3-33-26(31)18-7-4-8-19(12-18)29-24-21-11-10-17(16-6-5-9-20(13-16)32-2)14-23(21)28-15-22(24)25(27)30/h4-15H,3H2,1-2H3,(H2,27,30)(H,28,29). The normalized spacial score (nSPS) is 10.6. The van der Waals surface area contributed by atoms with Gasteiger partial charge in [-0.1, -0.05) is 30.3 Å². The summed E-state index contributed by atoms with van der Waals surface area (Å²) in [5, 5.41) is 3.96. The maximum Gasteiger partial charge on any atom is 0.338 e. The number of benzene rings is 3. The van der Waals surface area contributed by atoms with E-state index in [1.54, 1.807) is 38.3 Å². The van der Waals surface area contributed by atoms with Gasteiger partial charge in [-0.05, 0) is 54.4 Å². The number of methoxy groups -OCH3 is 1. The number of nitrogens with two attached hydrogens (primary N) is 1. The number of esters is 1. The highest BCUT2D eigenvalue weighted by Crippen LogP contribution is 2.33. The first-order chi connectivity index (χ1) is 16.0. The van der Waals surface area contributed by atoms with Crippen LogP contribution in [0, 0.1) is 0 Å². The molecule has 0 unspecified atom stereocenters. The van der Waals surface area contributed by atoms with Gasteiger partial charge < -0.3 is 20.5 Å². The molecule has 7 nitrogen and oxygen atoms in total. The average Bonchev–Trinajstić information content (AvgIpc) is 2.84. The molecule has 0 radical (unpaired) electrons. The van der Waals surface area contributed by atoms with Crippen LogP contribution < -0.4 is 15.8 Å². The number of aromatic nitrogens is 1. The Balaban J connectivity index is 1.78. The van der Waals surface area contributed by atoms with Crippen LogP contribution in [0.15, 0.2) is 72.9 Å². The molecular formula is C26H23N3O4. The number of nitrogens with zero attached hydrogens (tertiary/aromatic N) is 1. The van der Waals surface area contributed by atoms with E-state index in [-0.39, 0.29) is 12.2 Å². The van der Waals surface area contributed by atoms with Crippen molar-refractivity contribution in [3.63, 3.8) is 0 Å². The van der Waals surface area contributed by atoms with Gasteiger partial charge >= 0.3 is 5.97 Å². The summed E-state index contributed by atoms with van der Waals surface area (Å²) in [5.74, 6) is -0.266. The fourth-order valence-corrected chi connectivity index (χ4v) is 3.58. The monoisotopic (exact) mass is 441 g/mol. The van der Waals surface area contributed by atoms with Gasteiger partial charge in [-0.2, -0.15) is 0 Å². The van der Waals surface area contributed by atoms with Crippen molar-refractivity contribution in [2.24, 2.45) is 5.73 Å².